The number of carbonyl (C=O) groups excluding carboxylic acids is 1. The van der Waals surface area contributed by atoms with Crippen molar-refractivity contribution >= 4 is 5.91 Å². The fraction of sp³-hybridized carbons (Fsp3) is 0.300. The summed E-state index contributed by atoms with van der Waals surface area (Å²) in [6, 6.07) is 6.01. The number of alkyl halides is 2. The summed E-state index contributed by atoms with van der Waals surface area (Å²) in [7, 11) is 0. The van der Waals surface area contributed by atoms with Gasteiger partial charge in [-0.05, 0) is 17.7 Å². The lowest BCUT2D eigenvalue weighted by atomic mass is 10.2. The van der Waals surface area contributed by atoms with Gasteiger partial charge in [0.05, 0.1) is 6.54 Å². The summed E-state index contributed by atoms with van der Waals surface area (Å²) in [6.45, 7) is -2.60. The Labute approximate surface area is 91.4 Å². The van der Waals surface area contributed by atoms with Crippen LogP contribution >= 0.6 is 0 Å². The van der Waals surface area contributed by atoms with Crippen LogP contribution in [-0.2, 0) is 11.3 Å². The number of amides is 1. The van der Waals surface area contributed by atoms with E-state index in [2.05, 4.69) is 10.1 Å². The number of carbonyl (C=O) groups is 1. The van der Waals surface area contributed by atoms with Crippen molar-refractivity contribution in [3.8, 4) is 5.75 Å². The minimum atomic E-state index is -2.83. The number of nitrogens with two attached hydrogens (primary N) is 1. The molecule has 0 bridgehead atoms. The van der Waals surface area contributed by atoms with Crippen LogP contribution in [0.2, 0.25) is 0 Å². The van der Waals surface area contributed by atoms with Crippen LogP contribution in [0, 0.1) is 0 Å². The van der Waals surface area contributed by atoms with E-state index in [-0.39, 0.29) is 18.2 Å². The van der Waals surface area contributed by atoms with Gasteiger partial charge >= 0.3 is 6.61 Å². The molecule has 0 aliphatic carbocycles. The number of hydrogen-bond donors (Lipinski definition) is 2. The molecule has 0 aromatic heterocycles. The Bertz CT molecular complexity index is 341. The Morgan fingerprint density at radius 2 is 2.00 bits per heavy atom. The molecule has 1 rings (SSSR count). The third kappa shape index (κ3) is 4.22. The largest absolute Gasteiger partial charge is 0.435 e. The molecular weight excluding hydrogens is 218 g/mol. The molecule has 0 atom stereocenters. The van der Waals surface area contributed by atoms with Gasteiger partial charge in [-0.3, -0.25) is 4.79 Å². The van der Waals surface area contributed by atoms with Gasteiger partial charge in [0.25, 0.3) is 0 Å². The fourth-order valence-electron chi connectivity index (χ4n) is 1.06. The van der Waals surface area contributed by atoms with E-state index in [0.29, 0.717) is 6.54 Å². The molecular formula is C10H12F2N2O2. The molecule has 16 heavy (non-hydrogen) atoms. The van der Waals surface area contributed by atoms with E-state index in [1.807, 2.05) is 0 Å². The second-order valence-electron chi connectivity index (χ2n) is 3.00. The van der Waals surface area contributed by atoms with E-state index < -0.39 is 6.61 Å². The highest BCUT2D eigenvalue weighted by atomic mass is 19.3. The zero-order valence-electron chi connectivity index (χ0n) is 8.45. The topological polar surface area (TPSA) is 64.4 Å². The first-order valence-corrected chi connectivity index (χ1v) is 4.62. The highest BCUT2D eigenvalue weighted by Gasteiger charge is 2.03. The van der Waals surface area contributed by atoms with Crippen molar-refractivity contribution in [3.05, 3.63) is 29.8 Å². The maximum Gasteiger partial charge on any atom is 0.387 e. The first kappa shape index (κ1) is 12.4. The van der Waals surface area contributed by atoms with Crippen LogP contribution in [0.1, 0.15) is 5.56 Å². The summed E-state index contributed by atoms with van der Waals surface area (Å²) in [5, 5.41) is 2.56. The van der Waals surface area contributed by atoms with Gasteiger partial charge in [-0.15, -0.1) is 0 Å². The molecule has 0 heterocycles. The van der Waals surface area contributed by atoms with Gasteiger partial charge in [0.2, 0.25) is 5.91 Å². The first-order chi connectivity index (χ1) is 7.61. The van der Waals surface area contributed by atoms with E-state index in [0.717, 1.165) is 5.56 Å². The summed E-state index contributed by atoms with van der Waals surface area (Å²) in [5.74, 6) is -0.184. The maximum atomic E-state index is 11.8. The summed E-state index contributed by atoms with van der Waals surface area (Å²) >= 11 is 0. The van der Waals surface area contributed by atoms with E-state index in [1.54, 1.807) is 12.1 Å². The molecule has 0 unspecified atom stereocenters. The Balaban J connectivity index is 2.48. The fourth-order valence-corrected chi connectivity index (χ4v) is 1.06. The van der Waals surface area contributed by atoms with Crippen molar-refractivity contribution in [2.75, 3.05) is 6.54 Å². The molecule has 1 amide bonds. The van der Waals surface area contributed by atoms with Gasteiger partial charge in [0.1, 0.15) is 5.75 Å². The standard InChI is InChI=1S/C10H12F2N2O2/c11-10(12)16-8-3-1-7(2-4-8)6-14-9(15)5-13/h1-4,10H,5-6,13H2,(H,14,15). The molecule has 4 nitrogen and oxygen atoms in total. The van der Waals surface area contributed by atoms with Crippen molar-refractivity contribution in [1.82, 2.24) is 5.32 Å². The average Bonchev–Trinajstić information content (AvgIpc) is 2.27. The lowest BCUT2D eigenvalue weighted by Gasteiger charge is -2.06. The minimum Gasteiger partial charge on any atom is -0.435 e. The van der Waals surface area contributed by atoms with Crippen LogP contribution in [0.15, 0.2) is 24.3 Å². The molecule has 0 aliphatic rings. The molecule has 0 radical (unpaired) electrons. The number of rotatable bonds is 5. The first-order valence-electron chi connectivity index (χ1n) is 4.62. The molecule has 0 saturated carbocycles. The third-order valence-electron chi connectivity index (χ3n) is 1.82. The number of halogens is 2. The van der Waals surface area contributed by atoms with Crippen LogP contribution in [0.25, 0.3) is 0 Å². The molecule has 3 N–H and O–H groups in total. The molecule has 88 valence electrons. The van der Waals surface area contributed by atoms with Crippen LogP contribution < -0.4 is 15.8 Å². The summed E-state index contributed by atoms with van der Waals surface area (Å²) < 4.78 is 27.8. The number of benzene rings is 1. The van der Waals surface area contributed by atoms with E-state index in [9.17, 15) is 13.6 Å². The minimum absolute atomic E-state index is 0.0768. The summed E-state index contributed by atoms with van der Waals surface area (Å²) in [4.78, 5) is 10.8. The highest BCUT2D eigenvalue weighted by molar-refractivity contribution is 5.77. The van der Waals surface area contributed by atoms with Crippen LogP contribution in [0.4, 0.5) is 8.78 Å². The zero-order valence-corrected chi connectivity index (χ0v) is 8.45. The quantitative estimate of drug-likeness (QED) is 0.788. The van der Waals surface area contributed by atoms with E-state index >= 15 is 0 Å². The summed E-state index contributed by atoms with van der Waals surface area (Å²) in [5.41, 5.74) is 5.88. The number of hydrogen-bond acceptors (Lipinski definition) is 3. The highest BCUT2D eigenvalue weighted by Crippen LogP contribution is 2.14. The molecule has 6 heteroatoms. The van der Waals surface area contributed by atoms with Crippen molar-refractivity contribution in [1.29, 1.82) is 0 Å². The number of ether oxygens (including phenoxy) is 1. The Kier molecular flexibility index (Phi) is 4.65. The zero-order chi connectivity index (χ0) is 12.0. The second kappa shape index (κ2) is 6.02. The predicted molar refractivity (Wildman–Crippen MR) is 54.0 cm³/mol. The van der Waals surface area contributed by atoms with Crippen molar-refractivity contribution in [2.24, 2.45) is 5.73 Å². The Morgan fingerprint density at radius 3 is 2.50 bits per heavy atom. The maximum absolute atomic E-state index is 11.8. The van der Waals surface area contributed by atoms with Gasteiger partial charge in [0.15, 0.2) is 0 Å². The molecule has 0 fully saturated rings. The smallest absolute Gasteiger partial charge is 0.387 e. The average molecular weight is 230 g/mol. The van der Waals surface area contributed by atoms with E-state index in [1.165, 1.54) is 12.1 Å². The van der Waals surface area contributed by atoms with Crippen LogP contribution in [-0.4, -0.2) is 19.1 Å². The molecule has 0 aliphatic heterocycles. The second-order valence-corrected chi connectivity index (χ2v) is 3.00. The van der Waals surface area contributed by atoms with Gasteiger partial charge in [-0.25, -0.2) is 0 Å². The third-order valence-corrected chi connectivity index (χ3v) is 1.82. The van der Waals surface area contributed by atoms with Crippen LogP contribution in [0.3, 0.4) is 0 Å². The lowest BCUT2D eigenvalue weighted by Crippen LogP contribution is -2.29. The van der Waals surface area contributed by atoms with E-state index in [4.69, 9.17) is 5.73 Å². The molecule has 1 aromatic rings. The number of nitrogens with one attached hydrogen (secondary N) is 1. The van der Waals surface area contributed by atoms with Crippen molar-refractivity contribution in [3.63, 3.8) is 0 Å². The van der Waals surface area contributed by atoms with Crippen molar-refractivity contribution in [2.45, 2.75) is 13.2 Å². The molecule has 0 spiro atoms. The molecule has 1 aromatic carbocycles. The SMILES string of the molecule is NCC(=O)NCc1ccc(OC(F)F)cc1. The van der Waals surface area contributed by atoms with Gasteiger partial charge in [-0.2, -0.15) is 8.78 Å². The monoisotopic (exact) mass is 230 g/mol. The lowest BCUT2D eigenvalue weighted by molar-refractivity contribution is -0.119. The predicted octanol–water partition coefficient (Wildman–Crippen LogP) is 0.863. The Morgan fingerprint density at radius 1 is 1.38 bits per heavy atom. The van der Waals surface area contributed by atoms with Gasteiger partial charge < -0.3 is 15.8 Å². The summed E-state index contributed by atoms with van der Waals surface area (Å²) in [6.07, 6.45) is 0. The van der Waals surface area contributed by atoms with Gasteiger partial charge in [-0.1, -0.05) is 12.1 Å². The van der Waals surface area contributed by atoms with Gasteiger partial charge in [0, 0.05) is 6.54 Å². The molecule has 0 saturated heterocycles. The normalized spacial score (nSPS) is 10.2. The van der Waals surface area contributed by atoms with Crippen LogP contribution in [0.5, 0.6) is 5.75 Å². The van der Waals surface area contributed by atoms with Crippen molar-refractivity contribution < 1.29 is 18.3 Å². The Hall–Kier alpha value is -1.69.